The van der Waals surface area contributed by atoms with E-state index < -0.39 is 17.5 Å². The summed E-state index contributed by atoms with van der Waals surface area (Å²) in [5.41, 5.74) is 3.88. The van der Waals surface area contributed by atoms with Crippen LogP contribution >= 0.6 is 0 Å². The summed E-state index contributed by atoms with van der Waals surface area (Å²) in [4.78, 5) is 36.2. The largest absolute Gasteiger partial charge is 0.489 e. The van der Waals surface area contributed by atoms with Crippen LogP contribution in [0.25, 0.3) is 11.0 Å². The van der Waals surface area contributed by atoms with Crippen molar-refractivity contribution >= 4 is 28.5 Å². The Bertz CT molecular complexity index is 1480. The average molecular weight is 500 g/mol. The number of esters is 1. The Balaban J connectivity index is 1.27. The number of carbonyl (C=O) groups excluding carboxylic acids is 2. The Morgan fingerprint density at radius 1 is 0.919 bits per heavy atom. The third-order valence-electron chi connectivity index (χ3n) is 5.89. The molecular formula is C30H29NO6. The van der Waals surface area contributed by atoms with Crippen LogP contribution in [0.4, 0.5) is 5.69 Å². The number of carbonyl (C=O) groups is 2. The van der Waals surface area contributed by atoms with Crippen molar-refractivity contribution in [2.45, 2.75) is 39.7 Å². The smallest absolute Gasteiger partial charge is 0.338 e. The van der Waals surface area contributed by atoms with Crippen LogP contribution in [-0.2, 0) is 21.6 Å². The summed E-state index contributed by atoms with van der Waals surface area (Å²) in [5.74, 6) is -0.447. The second-order valence-corrected chi connectivity index (χ2v) is 9.84. The molecule has 0 radical (unpaired) electrons. The van der Waals surface area contributed by atoms with Crippen molar-refractivity contribution in [2.24, 2.45) is 0 Å². The van der Waals surface area contributed by atoms with Crippen molar-refractivity contribution in [3.05, 3.63) is 105 Å². The van der Waals surface area contributed by atoms with Crippen LogP contribution in [0.3, 0.4) is 0 Å². The van der Waals surface area contributed by atoms with Crippen LogP contribution in [0.5, 0.6) is 5.75 Å². The first kappa shape index (κ1) is 25.7. The minimum Gasteiger partial charge on any atom is -0.489 e. The highest BCUT2D eigenvalue weighted by atomic mass is 16.5. The first-order valence-electron chi connectivity index (χ1n) is 11.9. The van der Waals surface area contributed by atoms with E-state index in [1.807, 2.05) is 43.3 Å². The fourth-order valence-corrected chi connectivity index (χ4v) is 3.76. The molecule has 1 N–H and O–H groups in total. The average Bonchev–Trinajstić information content (AvgIpc) is 2.86. The van der Waals surface area contributed by atoms with Crippen LogP contribution in [0.2, 0.25) is 0 Å². The van der Waals surface area contributed by atoms with Gasteiger partial charge < -0.3 is 19.2 Å². The number of hydrogen-bond donors (Lipinski definition) is 1. The monoisotopic (exact) mass is 499 g/mol. The molecule has 0 aliphatic heterocycles. The second-order valence-electron chi connectivity index (χ2n) is 9.84. The fourth-order valence-electron chi connectivity index (χ4n) is 3.76. The molecule has 37 heavy (non-hydrogen) atoms. The van der Waals surface area contributed by atoms with Crippen molar-refractivity contribution in [2.75, 3.05) is 11.9 Å². The van der Waals surface area contributed by atoms with Crippen LogP contribution in [0.1, 0.15) is 47.8 Å². The molecule has 0 atom stereocenters. The SMILES string of the molecule is Cc1cc(=O)oc2cc(OCc3ccc(C(=O)OCC(=O)Nc4ccc(C(C)(C)C)cc4)cc3)ccc12. The molecule has 4 aromatic rings. The molecule has 0 aliphatic carbocycles. The van der Waals surface area contributed by atoms with Crippen molar-refractivity contribution in [1.82, 2.24) is 0 Å². The second kappa shape index (κ2) is 10.7. The Morgan fingerprint density at radius 3 is 2.30 bits per heavy atom. The zero-order valence-electron chi connectivity index (χ0n) is 21.3. The van der Waals surface area contributed by atoms with Gasteiger partial charge in [-0.15, -0.1) is 0 Å². The van der Waals surface area contributed by atoms with Gasteiger partial charge >= 0.3 is 11.6 Å². The number of ether oxygens (including phenoxy) is 2. The van der Waals surface area contributed by atoms with Gasteiger partial charge in [0.05, 0.1) is 5.56 Å². The van der Waals surface area contributed by atoms with Crippen molar-refractivity contribution in [3.63, 3.8) is 0 Å². The lowest BCUT2D eigenvalue weighted by Gasteiger charge is -2.19. The maximum absolute atomic E-state index is 12.4. The third-order valence-corrected chi connectivity index (χ3v) is 5.89. The van der Waals surface area contributed by atoms with Gasteiger partial charge in [0.2, 0.25) is 0 Å². The summed E-state index contributed by atoms with van der Waals surface area (Å²) in [6, 6.07) is 21.1. The Labute approximate surface area is 215 Å². The predicted molar refractivity (Wildman–Crippen MR) is 142 cm³/mol. The lowest BCUT2D eigenvalue weighted by molar-refractivity contribution is -0.119. The Hall–Kier alpha value is -4.39. The maximum atomic E-state index is 12.4. The van der Waals surface area contributed by atoms with Gasteiger partial charge in [0.15, 0.2) is 6.61 Å². The number of fused-ring (bicyclic) bond motifs is 1. The number of aryl methyl sites for hydroxylation is 1. The lowest BCUT2D eigenvalue weighted by atomic mass is 9.87. The van der Waals surface area contributed by atoms with E-state index in [1.165, 1.54) is 6.07 Å². The van der Waals surface area contributed by atoms with E-state index in [-0.39, 0.29) is 18.6 Å². The number of anilines is 1. The number of rotatable bonds is 7. The van der Waals surface area contributed by atoms with E-state index in [2.05, 4.69) is 26.1 Å². The van der Waals surface area contributed by atoms with Gasteiger partial charge in [-0.05, 0) is 65.4 Å². The minimum atomic E-state index is -0.592. The normalized spacial score (nSPS) is 11.2. The van der Waals surface area contributed by atoms with Crippen molar-refractivity contribution in [1.29, 1.82) is 0 Å². The zero-order valence-corrected chi connectivity index (χ0v) is 21.3. The third kappa shape index (κ3) is 6.64. The molecule has 190 valence electrons. The van der Waals surface area contributed by atoms with Crippen molar-refractivity contribution in [3.8, 4) is 5.75 Å². The molecule has 1 amide bonds. The molecule has 0 spiro atoms. The number of benzene rings is 3. The maximum Gasteiger partial charge on any atom is 0.338 e. The molecule has 3 aromatic carbocycles. The molecule has 4 rings (SSSR count). The van der Waals surface area contributed by atoms with E-state index in [0.717, 1.165) is 22.1 Å². The quantitative estimate of drug-likeness (QED) is 0.256. The van der Waals surface area contributed by atoms with E-state index in [0.29, 0.717) is 22.6 Å². The number of hydrogen-bond acceptors (Lipinski definition) is 6. The summed E-state index contributed by atoms with van der Waals surface area (Å²) < 4.78 is 16.2. The zero-order chi connectivity index (χ0) is 26.6. The predicted octanol–water partition coefficient (Wildman–Crippen LogP) is 5.77. The van der Waals surface area contributed by atoms with Crippen LogP contribution in [-0.4, -0.2) is 18.5 Å². The van der Waals surface area contributed by atoms with Gasteiger partial charge in [-0.1, -0.05) is 45.0 Å². The van der Waals surface area contributed by atoms with Gasteiger partial charge in [-0.2, -0.15) is 0 Å². The fraction of sp³-hybridized carbons (Fsp3) is 0.233. The van der Waals surface area contributed by atoms with Crippen LogP contribution in [0, 0.1) is 6.92 Å². The van der Waals surface area contributed by atoms with E-state index in [1.54, 1.807) is 30.3 Å². The van der Waals surface area contributed by atoms with E-state index in [4.69, 9.17) is 13.9 Å². The first-order valence-corrected chi connectivity index (χ1v) is 11.9. The van der Waals surface area contributed by atoms with Crippen LogP contribution < -0.4 is 15.7 Å². The van der Waals surface area contributed by atoms with Gasteiger partial charge in [0.25, 0.3) is 5.91 Å². The number of amides is 1. The summed E-state index contributed by atoms with van der Waals surface area (Å²) in [6.45, 7) is 8.08. The summed E-state index contributed by atoms with van der Waals surface area (Å²) in [7, 11) is 0. The summed E-state index contributed by atoms with van der Waals surface area (Å²) in [6.07, 6.45) is 0. The molecule has 1 aromatic heterocycles. The van der Waals surface area contributed by atoms with Gasteiger partial charge in [-0.3, -0.25) is 4.79 Å². The topological polar surface area (TPSA) is 94.8 Å². The molecule has 7 nitrogen and oxygen atoms in total. The van der Waals surface area contributed by atoms with Gasteiger partial charge in [0, 0.05) is 23.2 Å². The molecule has 0 unspecified atom stereocenters. The molecule has 1 heterocycles. The van der Waals surface area contributed by atoms with E-state index >= 15 is 0 Å². The number of nitrogens with one attached hydrogen (secondary N) is 1. The summed E-state index contributed by atoms with van der Waals surface area (Å²) in [5, 5.41) is 3.58. The molecule has 7 heteroatoms. The molecule has 0 aliphatic rings. The highest BCUT2D eigenvalue weighted by Crippen LogP contribution is 2.24. The van der Waals surface area contributed by atoms with Gasteiger partial charge in [0.1, 0.15) is 17.9 Å². The molecular weight excluding hydrogens is 470 g/mol. The Morgan fingerprint density at radius 2 is 1.62 bits per heavy atom. The first-order chi connectivity index (χ1) is 17.6. The van der Waals surface area contributed by atoms with Gasteiger partial charge in [-0.25, -0.2) is 9.59 Å². The minimum absolute atomic E-state index is 0.0222. The van der Waals surface area contributed by atoms with E-state index in [9.17, 15) is 14.4 Å². The lowest BCUT2D eigenvalue weighted by Crippen LogP contribution is -2.21. The standard InChI is InChI=1S/C30H29NO6/c1-19-15-28(33)37-26-16-24(13-14-25(19)26)35-17-20-5-7-21(8-6-20)29(34)36-18-27(32)31-23-11-9-22(10-12-23)30(2,3)4/h5-16H,17-18H2,1-4H3,(H,31,32). The molecule has 0 saturated carbocycles. The Kier molecular flexibility index (Phi) is 7.43. The van der Waals surface area contributed by atoms with Crippen molar-refractivity contribution < 1.29 is 23.5 Å². The molecule has 0 saturated heterocycles. The summed E-state index contributed by atoms with van der Waals surface area (Å²) >= 11 is 0. The molecule has 0 fully saturated rings. The molecule has 0 bridgehead atoms. The highest BCUT2D eigenvalue weighted by molar-refractivity contribution is 5.95. The highest BCUT2D eigenvalue weighted by Gasteiger charge is 2.14. The van der Waals surface area contributed by atoms with Crippen LogP contribution in [0.15, 0.2) is 82.0 Å².